The number of nitrogens with one attached hydrogen (secondary N) is 1. The summed E-state index contributed by atoms with van der Waals surface area (Å²) >= 11 is 0. The lowest BCUT2D eigenvalue weighted by atomic mass is 10.1. The van der Waals surface area contributed by atoms with Crippen LogP contribution in [0.2, 0.25) is 0 Å². The van der Waals surface area contributed by atoms with Crippen LogP contribution in [0.25, 0.3) is 0 Å². The van der Waals surface area contributed by atoms with Crippen LogP contribution in [0.3, 0.4) is 0 Å². The molecule has 1 rings (SSSR count). The highest BCUT2D eigenvalue weighted by Crippen LogP contribution is 2.14. The van der Waals surface area contributed by atoms with Crippen molar-refractivity contribution in [1.82, 2.24) is 5.32 Å². The minimum Gasteiger partial charge on any atom is -0.481 e. The highest BCUT2D eigenvalue weighted by Gasteiger charge is 2.14. The average molecular weight is 201 g/mol. The standard InChI is InChI=1S/C10H19NO3/c12-10(13)2-1-5-11-6-3-9-4-7-14-8-9/h9,11H,1-8H2,(H,12,13). The first-order valence-corrected chi connectivity index (χ1v) is 5.29. The Kier molecular flexibility index (Phi) is 5.56. The van der Waals surface area contributed by atoms with Crippen LogP contribution < -0.4 is 5.32 Å². The Labute approximate surface area is 84.6 Å². The van der Waals surface area contributed by atoms with Crippen LogP contribution in [-0.2, 0) is 9.53 Å². The Hall–Kier alpha value is -0.610. The van der Waals surface area contributed by atoms with Gasteiger partial charge in [0.15, 0.2) is 0 Å². The second-order valence-corrected chi connectivity index (χ2v) is 3.77. The highest BCUT2D eigenvalue weighted by molar-refractivity contribution is 5.66. The normalized spacial score (nSPS) is 21.3. The number of carbonyl (C=O) groups is 1. The number of ether oxygens (including phenoxy) is 1. The summed E-state index contributed by atoms with van der Waals surface area (Å²) in [5.41, 5.74) is 0. The van der Waals surface area contributed by atoms with E-state index >= 15 is 0 Å². The largest absolute Gasteiger partial charge is 0.481 e. The Morgan fingerprint density at radius 3 is 3.00 bits per heavy atom. The van der Waals surface area contributed by atoms with E-state index in [-0.39, 0.29) is 6.42 Å². The molecule has 1 fully saturated rings. The minimum atomic E-state index is -0.712. The maximum Gasteiger partial charge on any atom is 0.303 e. The summed E-state index contributed by atoms with van der Waals surface area (Å²) in [7, 11) is 0. The van der Waals surface area contributed by atoms with Crippen molar-refractivity contribution in [2.75, 3.05) is 26.3 Å². The van der Waals surface area contributed by atoms with Gasteiger partial charge in [-0.25, -0.2) is 0 Å². The van der Waals surface area contributed by atoms with Crippen molar-refractivity contribution in [2.24, 2.45) is 5.92 Å². The molecule has 1 saturated heterocycles. The third-order valence-corrected chi connectivity index (χ3v) is 2.50. The molecule has 1 atom stereocenters. The lowest BCUT2D eigenvalue weighted by Crippen LogP contribution is -2.20. The van der Waals surface area contributed by atoms with Gasteiger partial charge in [-0.15, -0.1) is 0 Å². The minimum absolute atomic E-state index is 0.263. The summed E-state index contributed by atoms with van der Waals surface area (Å²) in [6.07, 6.45) is 3.31. The van der Waals surface area contributed by atoms with Crippen LogP contribution in [0.4, 0.5) is 0 Å². The van der Waals surface area contributed by atoms with Gasteiger partial charge in [-0.2, -0.15) is 0 Å². The van der Waals surface area contributed by atoms with Gasteiger partial charge in [-0.3, -0.25) is 4.79 Å². The van der Waals surface area contributed by atoms with Crippen molar-refractivity contribution >= 4 is 5.97 Å². The molecule has 1 unspecified atom stereocenters. The van der Waals surface area contributed by atoms with Gasteiger partial charge in [0.25, 0.3) is 0 Å². The van der Waals surface area contributed by atoms with Gasteiger partial charge in [0.2, 0.25) is 0 Å². The zero-order valence-electron chi connectivity index (χ0n) is 8.50. The molecule has 0 radical (unpaired) electrons. The number of aliphatic carboxylic acids is 1. The van der Waals surface area contributed by atoms with E-state index in [4.69, 9.17) is 9.84 Å². The second kappa shape index (κ2) is 6.79. The topological polar surface area (TPSA) is 58.6 Å². The van der Waals surface area contributed by atoms with E-state index in [0.717, 1.165) is 39.1 Å². The van der Waals surface area contributed by atoms with Crippen LogP contribution in [-0.4, -0.2) is 37.4 Å². The monoisotopic (exact) mass is 201 g/mol. The fourth-order valence-electron chi connectivity index (χ4n) is 1.61. The Morgan fingerprint density at radius 1 is 1.50 bits per heavy atom. The second-order valence-electron chi connectivity index (χ2n) is 3.77. The average Bonchev–Trinajstić information content (AvgIpc) is 2.63. The van der Waals surface area contributed by atoms with E-state index in [1.54, 1.807) is 0 Å². The summed E-state index contributed by atoms with van der Waals surface area (Å²) in [5, 5.41) is 11.6. The zero-order valence-corrected chi connectivity index (χ0v) is 8.50. The first kappa shape index (κ1) is 11.5. The van der Waals surface area contributed by atoms with Gasteiger partial charge >= 0.3 is 5.97 Å². The molecule has 0 aromatic rings. The molecule has 1 aliphatic heterocycles. The van der Waals surface area contributed by atoms with Crippen molar-refractivity contribution in [3.05, 3.63) is 0 Å². The molecule has 4 heteroatoms. The number of hydrogen-bond acceptors (Lipinski definition) is 3. The maximum absolute atomic E-state index is 10.2. The van der Waals surface area contributed by atoms with E-state index in [1.165, 1.54) is 6.42 Å². The van der Waals surface area contributed by atoms with Gasteiger partial charge < -0.3 is 15.2 Å². The predicted octanol–water partition coefficient (Wildman–Crippen LogP) is 0.867. The molecular formula is C10H19NO3. The molecule has 4 nitrogen and oxygen atoms in total. The fourth-order valence-corrected chi connectivity index (χ4v) is 1.61. The van der Waals surface area contributed by atoms with Crippen LogP contribution in [0.5, 0.6) is 0 Å². The molecule has 0 amide bonds. The summed E-state index contributed by atoms with van der Waals surface area (Å²) in [6, 6.07) is 0. The number of hydrogen-bond donors (Lipinski definition) is 2. The third kappa shape index (κ3) is 5.19. The summed E-state index contributed by atoms with van der Waals surface area (Å²) in [4.78, 5) is 10.2. The third-order valence-electron chi connectivity index (χ3n) is 2.50. The molecule has 2 N–H and O–H groups in total. The molecule has 1 aliphatic rings. The summed E-state index contributed by atoms with van der Waals surface area (Å²) in [5.74, 6) is -0.00188. The molecule has 0 aromatic carbocycles. The van der Waals surface area contributed by atoms with Crippen molar-refractivity contribution in [2.45, 2.75) is 25.7 Å². The van der Waals surface area contributed by atoms with Gasteiger partial charge in [0.05, 0.1) is 0 Å². The number of carboxylic acids is 1. The smallest absolute Gasteiger partial charge is 0.303 e. The van der Waals surface area contributed by atoms with E-state index < -0.39 is 5.97 Å². The summed E-state index contributed by atoms with van der Waals surface area (Å²) in [6.45, 7) is 3.59. The first-order valence-electron chi connectivity index (χ1n) is 5.29. The molecule has 82 valence electrons. The van der Waals surface area contributed by atoms with Crippen molar-refractivity contribution in [3.8, 4) is 0 Å². The quantitative estimate of drug-likeness (QED) is 0.600. The molecular weight excluding hydrogens is 182 g/mol. The molecule has 0 spiro atoms. The Balaban J connectivity index is 1.82. The molecule has 0 aromatic heterocycles. The van der Waals surface area contributed by atoms with Crippen molar-refractivity contribution in [3.63, 3.8) is 0 Å². The predicted molar refractivity (Wildman–Crippen MR) is 53.3 cm³/mol. The van der Waals surface area contributed by atoms with E-state index in [0.29, 0.717) is 5.92 Å². The Bertz CT molecular complexity index is 167. The van der Waals surface area contributed by atoms with E-state index in [9.17, 15) is 4.79 Å². The van der Waals surface area contributed by atoms with Gasteiger partial charge in [0, 0.05) is 19.6 Å². The van der Waals surface area contributed by atoms with E-state index in [2.05, 4.69) is 5.32 Å². The number of rotatable bonds is 7. The molecule has 1 heterocycles. The van der Waals surface area contributed by atoms with Crippen molar-refractivity contribution in [1.29, 1.82) is 0 Å². The maximum atomic E-state index is 10.2. The SMILES string of the molecule is O=C(O)CCCNCCC1CCOC1. The van der Waals surface area contributed by atoms with Crippen LogP contribution in [0.15, 0.2) is 0 Å². The van der Waals surface area contributed by atoms with Crippen LogP contribution >= 0.6 is 0 Å². The molecule has 14 heavy (non-hydrogen) atoms. The lowest BCUT2D eigenvalue weighted by molar-refractivity contribution is -0.137. The first-order chi connectivity index (χ1) is 6.79. The van der Waals surface area contributed by atoms with Gasteiger partial charge in [-0.1, -0.05) is 0 Å². The van der Waals surface area contributed by atoms with Gasteiger partial charge in [-0.05, 0) is 38.3 Å². The highest BCUT2D eigenvalue weighted by atomic mass is 16.5. The zero-order chi connectivity index (χ0) is 10.2. The molecule has 0 aliphatic carbocycles. The van der Waals surface area contributed by atoms with Crippen LogP contribution in [0.1, 0.15) is 25.7 Å². The van der Waals surface area contributed by atoms with Crippen LogP contribution in [0, 0.1) is 5.92 Å². The molecule has 0 bridgehead atoms. The lowest BCUT2D eigenvalue weighted by Gasteiger charge is -2.07. The van der Waals surface area contributed by atoms with E-state index in [1.807, 2.05) is 0 Å². The van der Waals surface area contributed by atoms with Crippen molar-refractivity contribution < 1.29 is 14.6 Å². The summed E-state index contributed by atoms with van der Waals surface area (Å²) < 4.78 is 5.26. The Morgan fingerprint density at radius 2 is 2.36 bits per heavy atom. The molecule has 0 saturated carbocycles. The fraction of sp³-hybridized carbons (Fsp3) is 0.900. The van der Waals surface area contributed by atoms with Gasteiger partial charge in [0.1, 0.15) is 0 Å². The number of carboxylic acid groups (broad SMARTS) is 1.